The number of phenols is 1. The molecule has 2 saturated carbocycles. The van der Waals surface area contributed by atoms with Gasteiger partial charge in [0.2, 0.25) is 0 Å². The van der Waals surface area contributed by atoms with Gasteiger partial charge in [0.15, 0.2) is 0 Å². The Kier molecular flexibility index (Phi) is 2.53. The molecule has 2 nitrogen and oxygen atoms in total. The zero-order valence-corrected chi connectivity index (χ0v) is 10.5. The van der Waals surface area contributed by atoms with Gasteiger partial charge in [0.1, 0.15) is 11.5 Å². The third kappa shape index (κ3) is 1.86. The molecule has 0 radical (unpaired) electrons. The molecule has 2 aliphatic carbocycles. The summed E-state index contributed by atoms with van der Waals surface area (Å²) in [5.41, 5.74) is -0.955. The van der Waals surface area contributed by atoms with Gasteiger partial charge >= 0.3 is 6.18 Å². The lowest BCUT2D eigenvalue weighted by atomic mass is 9.91. The summed E-state index contributed by atoms with van der Waals surface area (Å²) in [5, 5.41) is 9.89. The van der Waals surface area contributed by atoms with Crippen molar-refractivity contribution in [3.05, 3.63) is 23.3 Å². The Morgan fingerprint density at radius 2 is 1.89 bits per heavy atom. The molecule has 104 valence electrons. The van der Waals surface area contributed by atoms with E-state index in [-0.39, 0.29) is 35.8 Å². The lowest BCUT2D eigenvalue weighted by Gasteiger charge is -2.23. The maximum Gasteiger partial charge on any atom is 0.398 e. The molecule has 1 aromatic rings. The van der Waals surface area contributed by atoms with E-state index in [1.54, 1.807) is 0 Å². The molecular weight excluding hydrogens is 257 g/mol. The van der Waals surface area contributed by atoms with E-state index in [0.29, 0.717) is 5.56 Å². The number of hydrogen-bond donors (Lipinski definition) is 1. The third-order valence-corrected chi connectivity index (χ3v) is 4.17. The molecule has 1 aromatic carbocycles. The first-order valence-electron chi connectivity index (χ1n) is 6.37. The topological polar surface area (TPSA) is 29.5 Å². The predicted molar refractivity (Wildman–Crippen MR) is 63.6 cm³/mol. The van der Waals surface area contributed by atoms with Crippen molar-refractivity contribution in [2.75, 3.05) is 7.11 Å². The van der Waals surface area contributed by atoms with Crippen LogP contribution < -0.4 is 4.74 Å². The number of benzene rings is 1. The molecule has 0 atom stereocenters. The minimum absolute atomic E-state index is 0.0427. The van der Waals surface area contributed by atoms with Crippen molar-refractivity contribution in [1.29, 1.82) is 0 Å². The highest BCUT2D eigenvalue weighted by Crippen LogP contribution is 2.62. The molecule has 19 heavy (non-hydrogen) atoms. The summed E-state index contributed by atoms with van der Waals surface area (Å²) in [6.45, 7) is 0. The molecule has 0 bridgehead atoms. The number of halogens is 3. The predicted octanol–water partition coefficient (Wildman–Crippen LogP) is 3.87. The van der Waals surface area contributed by atoms with Crippen LogP contribution in [-0.2, 0) is 5.41 Å². The van der Waals surface area contributed by atoms with Gasteiger partial charge in [-0.3, -0.25) is 0 Å². The van der Waals surface area contributed by atoms with Crippen molar-refractivity contribution >= 4 is 0 Å². The number of hydrogen-bond acceptors (Lipinski definition) is 2. The Balaban J connectivity index is 2.12. The Labute approximate surface area is 109 Å². The molecule has 0 aromatic heterocycles. The smallest absolute Gasteiger partial charge is 0.398 e. The van der Waals surface area contributed by atoms with Crippen LogP contribution in [0.4, 0.5) is 13.2 Å². The highest BCUT2D eigenvalue weighted by Gasteiger charge is 2.65. The van der Waals surface area contributed by atoms with Crippen molar-refractivity contribution in [1.82, 2.24) is 0 Å². The molecular formula is C14H15F3O2. The van der Waals surface area contributed by atoms with Gasteiger partial charge < -0.3 is 9.84 Å². The number of ether oxygens (including phenoxy) is 1. The van der Waals surface area contributed by atoms with Gasteiger partial charge in [-0.05, 0) is 43.2 Å². The van der Waals surface area contributed by atoms with Crippen LogP contribution in [0.1, 0.15) is 42.7 Å². The van der Waals surface area contributed by atoms with E-state index in [1.165, 1.54) is 19.2 Å². The fourth-order valence-corrected chi connectivity index (χ4v) is 2.68. The molecule has 0 aliphatic heterocycles. The fraction of sp³-hybridized carbons (Fsp3) is 0.571. The highest BCUT2D eigenvalue weighted by atomic mass is 19.4. The van der Waals surface area contributed by atoms with Gasteiger partial charge in [-0.2, -0.15) is 13.2 Å². The number of aromatic hydroxyl groups is 1. The maximum absolute atomic E-state index is 13.2. The Morgan fingerprint density at radius 1 is 1.26 bits per heavy atom. The quantitative estimate of drug-likeness (QED) is 0.905. The number of rotatable bonds is 3. The number of methoxy groups -OCH3 is 1. The van der Waals surface area contributed by atoms with E-state index in [0.717, 1.165) is 12.8 Å². The second-order valence-corrected chi connectivity index (χ2v) is 5.47. The second kappa shape index (κ2) is 3.81. The van der Waals surface area contributed by atoms with Crippen LogP contribution in [0.3, 0.4) is 0 Å². The molecule has 0 saturated heterocycles. The van der Waals surface area contributed by atoms with Crippen LogP contribution in [0.2, 0.25) is 0 Å². The second-order valence-electron chi connectivity index (χ2n) is 5.47. The first-order chi connectivity index (χ1) is 8.89. The Bertz CT molecular complexity index is 514. The number of alkyl halides is 3. The molecule has 1 N–H and O–H groups in total. The van der Waals surface area contributed by atoms with Gasteiger partial charge in [-0.1, -0.05) is 0 Å². The van der Waals surface area contributed by atoms with Crippen molar-refractivity contribution in [3.63, 3.8) is 0 Å². The average molecular weight is 272 g/mol. The van der Waals surface area contributed by atoms with E-state index < -0.39 is 11.6 Å². The van der Waals surface area contributed by atoms with Crippen molar-refractivity contribution in [2.45, 2.75) is 43.2 Å². The summed E-state index contributed by atoms with van der Waals surface area (Å²) in [5.74, 6) is 0.381. The minimum Gasteiger partial charge on any atom is -0.508 e. The normalized spacial score (nSPS) is 21.3. The Morgan fingerprint density at radius 3 is 2.32 bits per heavy atom. The van der Waals surface area contributed by atoms with Gasteiger partial charge in [-0.15, -0.1) is 0 Å². The van der Waals surface area contributed by atoms with E-state index >= 15 is 0 Å². The highest BCUT2D eigenvalue weighted by molar-refractivity contribution is 5.54. The summed E-state index contributed by atoms with van der Waals surface area (Å²) >= 11 is 0. The van der Waals surface area contributed by atoms with Gasteiger partial charge in [0.25, 0.3) is 0 Å². The average Bonchev–Trinajstić information content (AvgIpc) is 3.19. The Hall–Kier alpha value is -1.39. The van der Waals surface area contributed by atoms with Crippen LogP contribution in [-0.4, -0.2) is 18.4 Å². The molecule has 2 fully saturated rings. The third-order valence-electron chi connectivity index (χ3n) is 4.17. The summed E-state index contributed by atoms with van der Waals surface area (Å²) in [7, 11) is 1.33. The summed E-state index contributed by atoms with van der Waals surface area (Å²) in [4.78, 5) is 0. The summed E-state index contributed by atoms with van der Waals surface area (Å²) < 4.78 is 44.7. The molecule has 3 rings (SSSR count). The van der Waals surface area contributed by atoms with Crippen LogP contribution in [0, 0.1) is 0 Å². The zero-order chi connectivity index (χ0) is 13.8. The first-order valence-corrected chi connectivity index (χ1v) is 6.37. The SMILES string of the molecule is COc1cc(O)c(C2CC2)cc1C1(C(F)(F)F)CC1. The van der Waals surface area contributed by atoms with E-state index in [9.17, 15) is 18.3 Å². The van der Waals surface area contributed by atoms with Crippen molar-refractivity contribution in [2.24, 2.45) is 0 Å². The monoisotopic (exact) mass is 272 g/mol. The lowest BCUT2D eigenvalue weighted by molar-refractivity contribution is -0.160. The van der Waals surface area contributed by atoms with Gasteiger partial charge in [0, 0.05) is 11.6 Å². The van der Waals surface area contributed by atoms with Crippen LogP contribution in [0.5, 0.6) is 11.5 Å². The van der Waals surface area contributed by atoms with Crippen molar-refractivity contribution in [3.8, 4) is 11.5 Å². The molecule has 0 unspecified atom stereocenters. The zero-order valence-electron chi connectivity index (χ0n) is 10.5. The van der Waals surface area contributed by atoms with Crippen LogP contribution in [0.15, 0.2) is 12.1 Å². The van der Waals surface area contributed by atoms with Crippen LogP contribution >= 0.6 is 0 Å². The van der Waals surface area contributed by atoms with Gasteiger partial charge in [-0.25, -0.2) is 0 Å². The summed E-state index contributed by atoms with van der Waals surface area (Å²) in [6, 6.07) is 2.83. The first kappa shape index (κ1) is 12.6. The maximum atomic E-state index is 13.2. The summed E-state index contributed by atoms with van der Waals surface area (Å²) in [6.07, 6.45) is -2.21. The van der Waals surface area contributed by atoms with Gasteiger partial charge in [0.05, 0.1) is 12.5 Å². The standard InChI is InChI=1S/C14H15F3O2/c1-19-12-7-11(18)9(8-2-3-8)6-10(12)13(4-5-13)14(15,16)17/h6-8,18H,2-5H2,1H3. The minimum atomic E-state index is -4.27. The molecule has 5 heteroatoms. The molecule has 2 aliphatic rings. The molecule has 0 heterocycles. The van der Waals surface area contributed by atoms with Crippen molar-refractivity contribution < 1.29 is 23.0 Å². The van der Waals surface area contributed by atoms with E-state index in [4.69, 9.17) is 4.74 Å². The lowest BCUT2D eigenvalue weighted by Crippen LogP contribution is -2.29. The molecule has 0 amide bonds. The fourth-order valence-electron chi connectivity index (χ4n) is 2.68. The van der Waals surface area contributed by atoms with Crippen LogP contribution in [0.25, 0.3) is 0 Å². The largest absolute Gasteiger partial charge is 0.508 e. The van der Waals surface area contributed by atoms with E-state index in [2.05, 4.69) is 0 Å². The van der Waals surface area contributed by atoms with E-state index in [1.807, 2.05) is 0 Å². The molecule has 0 spiro atoms. The number of phenolic OH excluding ortho intramolecular Hbond substituents is 1.